The van der Waals surface area contributed by atoms with Gasteiger partial charge in [-0.25, -0.2) is 5.10 Å². The highest BCUT2D eigenvalue weighted by Crippen LogP contribution is 2.38. The molecular formula is C13H24N4OS. The fourth-order valence-corrected chi connectivity index (χ4v) is 2.80. The first kappa shape index (κ1) is 14.5. The summed E-state index contributed by atoms with van der Waals surface area (Å²) < 4.78 is 8.17. The van der Waals surface area contributed by atoms with Crippen molar-refractivity contribution in [2.75, 3.05) is 25.2 Å². The Morgan fingerprint density at radius 1 is 1.47 bits per heavy atom. The van der Waals surface area contributed by atoms with E-state index in [-0.39, 0.29) is 0 Å². The maximum absolute atomic E-state index is 5.37. The molecule has 0 saturated heterocycles. The molecule has 0 unspecified atom stereocenters. The second-order valence-corrected chi connectivity index (χ2v) is 5.47. The van der Waals surface area contributed by atoms with Crippen LogP contribution < -0.4 is 4.90 Å². The Morgan fingerprint density at radius 2 is 2.16 bits per heavy atom. The Morgan fingerprint density at radius 3 is 2.68 bits per heavy atom. The lowest BCUT2D eigenvalue weighted by molar-refractivity contribution is 0.202. The molecule has 1 saturated carbocycles. The minimum atomic E-state index is 0.484. The van der Waals surface area contributed by atoms with E-state index in [1.165, 1.54) is 12.8 Å². The SMILES string of the molecule is CCC(CC)N(CCOC)c1n[nH]c(=S)n1C1CC1. The summed E-state index contributed by atoms with van der Waals surface area (Å²) >= 11 is 5.37. The average molecular weight is 284 g/mol. The third-order valence-electron chi connectivity index (χ3n) is 3.77. The van der Waals surface area contributed by atoms with Crippen molar-refractivity contribution in [2.24, 2.45) is 0 Å². The molecular weight excluding hydrogens is 260 g/mol. The van der Waals surface area contributed by atoms with Gasteiger partial charge in [-0.2, -0.15) is 0 Å². The fraction of sp³-hybridized carbons (Fsp3) is 0.846. The molecule has 0 aromatic carbocycles. The van der Waals surface area contributed by atoms with E-state index in [4.69, 9.17) is 17.0 Å². The van der Waals surface area contributed by atoms with Crippen molar-refractivity contribution in [3.05, 3.63) is 4.77 Å². The summed E-state index contributed by atoms with van der Waals surface area (Å²) in [6, 6.07) is 1.03. The highest BCUT2D eigenvalue weighted by atomic mass is 32.1. The predicted molar refractivity (Wildman–Crippen MR) is 79.3 cm³/mol. The third-order valence-corrected chi connectivity index (χ3v) is 4.06. The Kier molecular flexibility index (Phi) is 4.99. The van der Waals surface area contributed by atoms with Gasteiger partial charge in [-0.05, 0) is 37.9 Å². The normalized spacial score (nSPS) is 15.2. The van der Waals surface area contributed by atoms with Crippen molar-refractivity contribution in [3.63, 3.8) is 0 Å². The Hall–Kier alpha value is -0.880. The van der Waals surface area contributed by atoms with Crippen LogP contribution in [-0.2, 0) is 4.74 Å². The van der Waals surface area contributed by atoms with Crippen LogP contribution in [-0.4, -0.2) is 41.1 Å². The van der Waals surface area contributed by atoms with E-state index in [0.29, 0.717) is 18.7 Å². The number of aromatic nitrogens is 3. The van der Waals surface area contributed by atoms with Crippen molar-refractivity contribution in [1.29, 1.82) is 0 Å². The Labute approximate surface area is 119 Å². The van der Waals surface area contributed by atoms with E-state index >= 15 is 0 Å². The van der Waals surface area contributed by atoms with E-state index < -0.39 is 0 Å². The summed E-state index contributed by atoms with van der Waals surface area (Å²) in [5.74, 6) is 0.984. The van der Waals surface area contributed by atoms with Crippen LogP contribution in [0.4, 0.5) is 5.95 Å². The zero-order chi connectivity index (χ0) is 13.8. The van der Waals surface area contributed by atoms with Gasteiger partial charge in [0.25, 0.3) is 0 Å². The first-order chi connectivity index (χ1) is 9.22. The maximum atomic E-state index is 5.37. The quantitative estimate of drug-likeness (QED) is 0.746. The predicted octanol–water partition coefficient (Wildman–Crippen LogP) is 2.92. The molecule has 19 heavy (non-hydrogen) atoms. The zero-order valence-corrected chi connectivity index (χ0v) is 12.9. The van der Waals surface area contributed by atoms with Crippen molar-refractivity contribution in [2.45, 2.75) is 51.6 Å². The molecule has 0 bridgehead atoms. The van der Waals surface area contributed by atoms with E-state index in [1.54, 1.807) is 7.11 Å². The van der Waals surface area contributed by atoms with Crippen LogP contribution in [0.15, 0.2) is 0 Å². The number of hydrogen-bond donors (Lipinski definition) is 1. The number of aromatic amines is 1. The molecule has 1 aromatic heterocycles. The lowest BCUT2D eigenvalue weighted by Gasteiger charge is -2.31. The number of anilines is 1. The topological polar surface area (TPSA) is 46.1 Å². The number of methoxy groups -OCH3 is 1. The fourth-order valence-electron chi connectivity index (χ4n) is 2.53. The molecule has 5 nitrogen and oxygen atoms in total. The van der Waals surface area contributed by atoms with Gasteiger partial charge >= 0.3 is 0 Å². The van der Waals surface area contributed by atoms with Crippen molar-refractivity contribution in [1.82, 2.24) is 14.8 Å². The second-order valence-electron chi connectivity index (χ2n) is 5.09. The number of rotatable bonds is 8. The average Bonchev–Trinajstić information content (AvgIpc) is 3.18. The Balaban J connectivity index is 2.28. The summed E-state index contributed by atoms with van der Waals surface area (Å²) in [7, 11) is 1.74. The number of hydrogen-bond acceptors (Lipinski definition) is 4. The number of ether oxygens (including phenoxy) is 1. The van der Waals surface area contributed by atoms with E-state index in [9.17, 15) is 0 Å². The molecule has 6 heteroatoms. The van der Waals surface area contributed by atoms with Gasteiger partial charge in [-0.3, -0.25) is 4.57 Å². The van der Waals surface area contributed by atoms with Crippen LogP contribution in [0, 0.1) is 4.77 Å². The standard InChI is InChI=1S/C13H24N4OS/c1-4-10(5-2)16(8-9-18-3)12-14-15-13(19)17(12)11-6-7-11/h10-11H,4-9H2,1-3H3,(H,15,19). The molecule has 2 rings (SSSR count). The van der Waals surface area contributed by atoms with Crippen LogP contribution in [0.2, 0.25) is 0 Å². The van der Waals surface area contributed by atoms with Gasteiger partial charge in [0.05, 0.1) is 6.61 Å². The number of H-pyrrole nitrogens is 1. The van der Waals surface area contributed by atoms with Crippen LogP contribution in [0.5, 0.6) is 0 Å². The van der Waals surface area contributed by atoms with E-state index in [0.717, 1.165) is 30.1 Å². The minimum Gasteiger partial charge on any atom is -0.383 e. The molecule has 0 aliphatic heterocycles. The first-order valence-corrected chi connectivity index (χ1v) is 7.56. The highest BCUT2D eigenvalue weighted by Gasteiger charge is 2.30. The van der Waals surface area contributed by atoms with E-state index in [2.05, 4.69) is 33.5 Å². The monoisotopic (exact) mass is 284 g/mol. The summed E-state index contributed by atoms with van der Waals surface area (Å²) in [5.41, 5.74) is 0. The molecule has 1 aliphatic carbocycles. The third kappa shape index (κ3) is 3.17. The molecule has 0 amide bonds. The number of nitrogens with one attached hydrogen (secondary N) is 1. The maximum Gasteiger partial charge on any atom is 0.226 e. The van der Waals surface area contributed by atoms with Crippen molar-refractivity contribution in [3.8, 4) is 0 Å². The summed E-state index contributed by atoms with van der Waals surface area (Å²) in [6.45, 7) is 6.00. The first-order valence-electron chi connectivity index (χ1n) is 7.15. The van der Waals surface area contributed by atoms with Gasteiger partial charge in [0.1, 0.15) is 0 Å². The van der Waals surface area contributed by atoms with Gasteiger partial charge in [0.2, 0.25) is 5.95 Å². The molecule has 0 atom stereocenters. The molecule has 1 fully saturated rings. The second kappa shape index (κ2) is 6.52. The van der Waals surface area contributed by atoms with Crippen LogP contribution in [0.1, 0.15) is 45.6 Å². The summed E-state index contributed by atoms with van der Waals surface area (Å²) in [4.78, 5) is 2.34. The smallest absolute Gasteiger partial charge is 0.226 e. The number of nitrogens with zero attached hydrogens (tertiary/aromatic N) is 3. The van der Waals surface area contributed by atoms with Crippen LogP contribution >= 0.6 is 12.2 Å². The lowest BCUT2D eigenvalue weighted by atomic mass is 10.1. The molecule has 108 valence electrons. The van der Waals surface area contributed by atoms with Crippen LogP contribution in [0.25, 0.3) is 0 Å². The summed E-state index contributed by atoms with van der Waals surface area (Å²) in [6.07, 6.45) is 4.62. The van der Waals surface area contributed by atoms with Crippen LogP contribution in [0.3, 0.4) is 0 Å². The van der Waals surface area contributed by atoms with Gasteiger partial charge in [-0.1, -0.05) is 13.8 Å². The zero-order valence-electron chi connectivity index (χ0n) is 12.1. The molecule has 1 aliphatic rings. The lowest BCUT2D eigenvalue weighted by Crippen LogP contribution is -2.39. The molecule has 0 spiro atoms. The van der Waals surface area contributed by atoms with Gasteiger partial charge in [0, 0.05) is 25.7 Å². The summed E-state index contributed by atoms with van der Waals surface area (Å²) in [5, 5.41) is 7.42. The largest absolute Gasteiger partial charge is 0.383 e. The molecule has 0 radical (unpaired) electrons. The molecule has 1 N–H and O–H groups in total. The van der Waals surface area contributed by atoms with Gasteiger partial charge in [-0.15, -0.1) is 5.10 Å². The minimum absolute atomic E-state index is 0.484. The Bertz CT molecular complexity index is 448. The molecule has 1 aromatic rings. The highest BCUT2D eigenvalue weighted by molar-refractivity contribution is 7.71. The van der Waals surface area contributed by atoms with Crippen molar-refractivity contribution >= 4 is 18.2 Å². The van der Waals surface area contributed by atoms with Gasteiger partial charge in [0.15, 0.2) is 4.77 Å². The molecule has 1 heterocycles. The van der Waals surface area contributed by atoms with E-state index in [1.807, 2.05) is 0 Å². The van der Waals surface area contributed by atoms with Crippen molar-refractivity contribution < 1.29 is 4.74 Å². The van der Waals surface area contributed by atoms with Gasteiger partial charge < -0.3 is 9.64 Å².